The van der Waals surface area contributed by atoms with Crippen molar-refractivity contribution >= 4 is 53.4 Å². The molecule has 0 radical (unpaired) electrons. The maximum atomic E-state index is 6.32. The van der Waals surface area contributed by atoms with E-state index in [2.05, 4.69) is 91.0 Å². The number of nitrogens with zero attached hydrogens (tertiary/aromatic N) is 4. The molecular formula is C44H26N4OS. The molecule has 0 amide bonds. The lowest BCUT2D eigenvalue weighted by atomic mass is 9.95. The average molecular weight is 659 g/mol. The zero-order chi connectivity index (χ0) is 33.0. The van der Waals surface area contributed by atoms with E-state index in [1.807, 2.05) is 66.7 Å². The van der Waals surface area contributed by atoms with Crippen molar-refractivity contribution in [1.82, 2.24) is 19.9 Å². The Morgan fingerprint density at radius 1 is 0.420 bits per heavy atom. The van der Waals surface area contributed by atoms with E-state index < -0.39 is 0 Å². The van der Waals surface area contributed by atoms with Crippen molar-refractivity contribution < 1.29 is 4.42 Å². The van der Waals surface area contributed by atoms with Crippen molar-refractivity contribution in [3.8, 4) is 56.7 Å². The third kappa shape index (κ3) is 4.85. The van der Waals surface area contributed by atoms with Crippen LogP contribution in [-0.4, -0.2) is 19.9 Å². The molecule has 7 aromatic carbocycles. The van der Waals surface area contributed by atoms with E-state index in [-0.39, 0.29) is 0 Å². The number of thiophene rings is 1. The first-order valence-electron chi connectivity index (χ1n) is 16.5. The minimum absolute atomic E-state index is 0.613. The highest BCUT2D eigenvalue weighted by Gasteiger charge is 2.20. The Balaban J connectivity index is 1.22. The van der Waals surface area contributed by atoms with Crippen molar-refractivity contribution in [3.63, 3.8) is 0 Å². The topological polar surface area (TPSA) is 64.7 Å². The number of hydrogen-bond donors (Lipinski definition) is 0. The van der Waals surface area contributed by atoms with Crippen molar-refractivity contribution in [2.75, 3.05) is 0 Å². The van der Waals surface area contributed by atoms with Gasteiger partial charge in [0.15, 0.2) is 23.1 Å². The van der Waals surface area contributed by atoms with Crippen LogP contribution in [0.4, 0.5) is 0 Å². The van der Waals surface area contributed by atoms with Gasteiger partial charge in [0, 0.05) is 42.4 Å². The standard InChI is InChI=1S/C44H26N4OS/c1-4-13-27(14-5-1)33-23-30-19-10-11-20-31(30)24-34(33)43-47-41(28-15-6-2-7-16-28)46-42(48-43)32-21-12-22-38-40(32)35-25-37-36(26-39(35)50-38)45-44(49-37)29-17-8-3-9-18-29/h1-26H. The Labute approximate surface area is 291 Å². The van der Waals surface area contributed by atoms with E-state index in [9.17, 15) is 0 Å². The second-order valence-corrected chi connectivity index (χ2v) is 13.3. The molecule has 5 nitrogen and oxygen atoms in total. The Hall–Kier alpha value is -6.50. The van der Waals surface area contributed by atoms with Crippen LogP contribution >= 0.6 is 11.3 Å². The molecule has 0 fully saturated rings. The van der Waals surface area contributed by atoms with Crippen molar-refractivity contribution in [2.45, 2.75) is 0 Å². The number of oxazole rings is 1. The van der Waals surface area contributed by atoms with Crippen LogP contribution in [0.5, 0.6) is 0 Å². The maximum Gasteiger partial charge on any atom is 0.227 e. The first-order chi connectivity index (χ1) is 24.7. The monoisotopic (exact) mass is 658 g/mol. The van der Waals surface area contributed by atoms with E-state index in [0.717, 1.165) is 75.4 Å². The number of benzene rings is 7. The molecule has 0 aliphatic rings. The van der Waals surface area contributed by atoms with Crippen LogP contribution in [0.25, 0.3) is 98.8 Å². The second-order valence-electron chi connectivity index (χ2n) is 12.3. The Morgan fingerprint density at radius 2 is 1.02 bits per heavy atom. The molecule has 3 aromatic heterocycles. The number of aromatic nitrogens is 4. The summed E-state index contributed by atoms with van der Waals surface area (Å²) in [5, 5.41) is 4.46. The normalized spacial score (nSPS) is 11.6. The Kier molecular flexibility index (Phi) is 6.60. The minimum atomic E-state index is 0.613. The molecule has 234 valence electrons. The van der Waals surface area contributed by atoms with Gasteiger partial charge in [-0.25, -0.2) is 19.9 Å². The average Bonchev–Trinajstić information content (AvgIpc) is 3.78. The lowest BCUT2D eigenvalue weighted by molar-refractivity contribution is 0.620. The molecule has 10 aromatic rings. The van der Waals surface area contributed by atoms with E-state index in [1.54, 1.807) is 11.3 Å². The van der Waals surface area contributed by atoms with Gasteiger partial charge in [0.2, 0.25) is 5.89 Å². The highest BCUT2D eigenvalue weighted by atomic mass is 32.1. The predicted octanol–water partition coefficient (Wildman–Crippen LogP) is 11.9. The summed E-state index contributed by atoms with van der Waals surface area (Å²) in [5.74, 6) is 2.48. The summed E-state index contributed by atoms with van der Waals surface area (Å²) >= 11 is 1.74. The van der Waals surface area contributed by atoms with Crippen LogP contribution in [0.1, 0.15) is 0 Å². The zero-order valence-electron chi connectivity index (χ0n) is 26.6. The van der Waals surface area contributed by atoms with Gasteiger partial charge in [-0.1, -0.05) is 115 Å². The summed E-state index contributed by atoms with van der Waals surface area (Å²) in [4.78, 5) is 20.4. The van der Waals surface area contributed by atoms with Crippen molar-refractivity contribution in [3.05, 3.63) is 158 Å². The molecule has 0 saturated heterocycles. The Bertz CT molecular complexity index is 2860. The van der Waals surface area contributed by atoms with E-state index in [1.165, 1.54) is 0 Å². The van der Waals surface area contributed by atoms with Gasteiger partial charge >= 0.3 is 0 Å². The zero-order valence-corrected chi connectivity index (χ0v) is 27.4. The van der Waals surface area contributed by atoms with Gasteiger partial charge < -0.3 is 4.42 Å². The Morgan fingerprint density at radius 3 is 1.74 bits per heavy atom. The number of hydrogen-bond acceptors (Lipinski definition) is 6. The molecule has 0 bridgehead atoms. The fraction of sp³-hybridized carbons (Fsp3) is 0. The van der Waals surface area contributed by atoms with Gasteiger partial charge in [0.25, 0.3) is 0 Å². The van der Waals surface area contributed by atoms with Gasteiger partial charge in [-0.05, 0) is 64.4 Å². The summed E-state index contributed by atoms with van der Waals surface area (Å²) in [6.07, 6.45) is 0. The third-order valence-electron chi connectivity index (χ3n) is 9.15. The lowest BCUT2D eigenvalue weighted by Crippen LogP contribution is -2.01. The highest BCUT2D eigenvalue weighted by Crippen LogP contribution is 2.42. The van der Waals surface area contributed by atoms with E-state index in [4.69, 9.17) is 24.4 Å². The fourth-order valence-corrected chi connectivity index (χ4v) is 7.90. The maximum absolute atomic E-state index is 6.32. The van der Waals surface area contributed by atoms with Crippen LogP contribution in [-0.2, 0) is 0 Å². The van der Waals surface area contributed by atoms with Crippen LogP contribution < -0.4 is 0 Å². The van der Waals surface area contributed by atoms with Gasteiger partial charge in [-0.3, -0.25) is 0 Å². The van der Waals surface area contributed by atoms with Gasteiger partial charge in [0.1, 0.15) is 5.52 Å². The molecule has 0 atom stereocenters. The molecule has 50 heavy (non-hydrogen) atoms. The van der Waals surface area contributed by atoms with Gasteiger partial charge in [0.05, 0.1) is 0 Å². The SMILES string of the molecule is c1ccc(-c2nc(-c3cc4ccccc4cc3-c3ccccc3)nc(-c3cccc4sc5cc6nc(-c7ccccc7)oc6cc5c34)n2)cc1. The lowest BCUT2D eigenvalue weighted by Gasteiger charge is -2.14. The van der Waals surface area contributed by atoms with E-state index in [0.29, 0.717) is 23.4 Å². The molecule has 0 unspecified atom stereocenters. The minimum Gasteiger partial charge on any atom is -0.436 e. The summed E-state index contributed by atoms with van der Waals surface area (Å²) in [6.45, 7) is 0. The first kappa shape index (κ1) is 28.5. The second kappa shape index (κ2) is 11.6. The molecule has 0 saturated carbocycles. The molecule has 3 heterocycles. The third-order valence-corrected chi connectivity index (χ3v) is 10.3. The summed E-state index contributed by atoms with van der Waals surface area (Å²) in [6, 6.07) is 54.1. The van der Waals surface area contributed by atoms with Gasteiger partial charge in [-0.15, -0.1) is 11.3 Å². The summed E-state index contributed by atoms with van der Waals surface area (Å²) in [5.41, 5.74) is 7.54. The molecule has 6 heteroatoms. The van der Waals surface area contributed by atoms with Crippen LogP contribution in [0.15, 0.2) is 162 Å². The smallest absolute Gasteiger partial charge is 0.227 e. The molecular weight excluding hydrogens is 633 g/mol. The summed E-state index contributed by atoms with van der Waals surface area (Å²) in [7, 11) is 0. The first-order valence-corrected chi connectivity index (χ1v) is 17.3. The largest absolute Gasteiger partial charge is 0.436 e. The van der Waals surface area contributed by atoms with Gasteiger partial charge in [-0.2, -0.15) is 0 Å². The highest BCUT2D eigenvalue weighted by molar-refractivity contribution is 7.26. The molecule has 0 aliphatic heterocycles. The van der Waals surface area contributed by atoms with Crippen LogP contribution in [0, 0.1) is 0 Å². The fourth-order valence-electron chi connectivity index (χ4n) is 6.75. The molecule has 0 N–H and O–H groups in total. The summed E-state index contributed by atoms with van der Waals surface area (Å²) < 4.78 is 8.60. The molecule has 0 aliphatic carbocycles. The number of rotatable bonds is 5. The predicted molar refractivity (Wildman–Crippen MR) is 205 cm³/mol. The van der Waals surface area contributed by atoms with Crippen molar-refractivity contribution in [2.24, 2.45) is 0 Å². The van der Waals surface area contributed by atoms with Crippen molar-refractivity contribution in [1.29, 1.82) is 0 Å². The van der Waals surface area contributed by atoms with Crippen LogP contribution in [0.3, 0.4) is 0 Å². The quantitative estimate of drug-likeness (QED) is 0.184. The van der Waals surface area contributed by atoms with E-state index >= 15 is 0 Å². The number of fused-ring (bicyclic) bond motifs is 5. The van der Waals surface area contributed by atoms with Crippen LogP contribution in [0.2, 0.25) is 0 Å². The molecule has 0 spiro atoms. The molecule has 10 rings (SSSR count).